The highest BCUT2D eigenvalue weighted by molar-refractivity contribution is 8.00. The minimum atomic E-state index is -0.487. The van der Waals surface area contributed by atoms with Crippen molar-refractivity contribution in [1.82, 2.24) is 10.2 Å². The van der Waals surface area contributed by atoms with Crippen LogP contribution >= 0.6 is 11.8 Å². The molecule has 2 aliphatic heterocycles. The Balaban J connectivity index is 1.47. The Hall–Kier alpha value is -1.84. The van der Waals surface area contributed by atoms with E-state index in [9.17, 15) is 14.9 Å². The van der Waals surface area contributed by atoms with Crippen LogP contribution in [0.25, 0.3) is 0 Å². The zero-order valence-electron chi connectivity index (χ0n) is 14.7. The number of rotatable bonds is 3. The normalized spacial score (nSPS) is 30.7. The molecule has 0 aromatic heterocycles. The molecule has 136 valence electrons. The maximum Gasteiger partial charge on any atom is 0.242 e. The number of benzene rings is 1. The monoisotopic (exact) mass is 369 g/mol. The predicted octanol–water partition coefficient (Wildman–Crippen LogP) is 1.91. The van der Waals surface area contributed by atoms with E-state index in [0.29, 0.717) is 12.4 Å². The number of nitrogens with zero attached hydrogens (tertiary/aromatic N) is 2. The van der Waals surface area contributed by atoms with E-state index in [-0.39, 0.29) is 28.9 Å². The minimum absolute atomic E-state index is 0.0112. The van der Waals surface area contributed by atoms with Crippen LogP contribution in [-0.2, 0) is 22.4 Å². The van der Waals surface area contributed by atoms with Gasteiger partial charge in [-0.1, -0.05) is 24.3 Å². The quantitative estimate of drug-likeness (QED) is 0.881. The van der Waals surface area contributed by atoms with E-state index in [1.54, 1.807) is 4.90 Å². The number of carbonyl (C=O) groups excluding carboxylic acids is 2. The second-order valence-electron chi connectivity index (χ2n) is 7.34. The molecule has 1 unspecified atom stereocenters. The molecular formula is C20H23N3O2S. The first kappa shape index (κ1) is 17.6. The number of hydrogen-bond donors (Lipinski definition) is 1. The number of nitrogens with one attached hydrogen (secondary N) is 1. The Morgan fingerprint density at radius 1 is 1.23 bits per heavy atom. The third-order valence-electron chi connectivity index (χ3n) is 5.85. The number of ketones is 1. The molecule has 0 spiro atoms. The highest BCUT2D eigenvalue weighted by Gasteiger charge is 2.44. The summed E-state index contributed by atoms with van der Waals surface area (Å²) < 4.78 is 0. The number of likely N-dealkylation sites (tertiary alicyclic amines) is 1. The maximum absolute atomic E-state index is 13.2. The number of aryl methyl sites for hydroxylation is 1. The van der Waals surface area contributed by atoms with Gasteiger partial charge in [0.15, 0.2) is 5.78 Å². The summed E-state index contributed by atoms with van der Waals surface area (Å²) in [5.74, 6) is 0.721. The summed E-state index contributed by atoms with van der Waals surface area (Å²) in [6.07, 6.45) is 4.16. The molecule has 6 heteroatoms. The molecule has 3 aliphatic rings. The van der Waals surface area contributed by atoms with E-state index in [4.69, 9.17) is 0 Å². The molecule has 1 amide bonds. The summed E-state index contributed by atoms with van der Waals surface area (Å²) in [7, 11) is 0. The van der Waals surface area contributed by atoms with Gasteiger partial charge in [0.25, 0.3) is 0 Å². The Morgan fingerprint density at radius 2 is 2.04 bits per heavy atom. The van der Waals surface area contributed by atoms with Gasteiger partial charge in [0.05, 0.1) is 11.3 Å². The Morgan fingerprint density at radius 3 is 2.85 bits per heavy atom. The molecule has 2 heterocycles. The van der Waals surface area contributed by atoms with E-state index in [2.05, 4.69) is 23.5 Å². The molecule has 26 heavy (non-hydrogen) atoms. The van der Waals surface area contributed by atoms with Gasteiger partial charge in [-0.15, -0.1) is 11.8 Å². The van der Waals surface area contributed by atoms with Crippen LogP contribution in [0.5, 0.6) is 0 Å². The van der Waals surface area contributed by atoms with Gasteiger partial charge in [-0.05, 0) is 43.2 Å². The van der Waals surface area contributed by atoms with E-state index < -0.39 is 6.04 Å². The largest absolute Gasteiger partial charge is 0.325 e. The second kappa shape index (κ2) is 7.42. The van der Waals surface area contributed by atoms with E-state index in [1.807, 2.05) is 12.1 Å². The van der Waals surface area contributed by atoms with Gasteiger partial charge in [-0.3, -0.25) is 14.9 Å². The molecule has 1 aromatic rings. The predicted molar refractivity (Wildman–Crippen MR) is 100 cm³/mol. The molecule has 4 rings (SSSR count). The average Bonchev–Trinajstić information content (AvgIpc) is 3.35. The number of Topliss-reactive ketones (excluding diaryl/α,β-unsaturated/α-hetero) is 1. The SMILES string of the molecule is N#C[C@@H]1CCCN1C(=O)[C@H]1NCSC1C(=O)[C@@H]1CCc2ccccc2C1. The first-order chi connectivity index (χ1) is 12.7. The number of fused-ring (bicyclic) bond motifs is 1. The van der Waals surface area contributed by atoms with Crippen LogP contribution in [-0.4, -0.2) is 46.3 Å². The Labute approximate surface area is 158 Å². The van der Waals surface area contributed by atoms with Crippen molar-refractivity contribution in [2.75, 3.05) is 12.4 Å². The summed E-state index contributed by atoms with van der Waals surface area (Å²) >= 11 is 1.54. The summed E-state index contributed by atoms with van der Waals surface area (Å²) in [4.78, 5) is 27.8. The topological polar surface area (TPSA) is 73.2 Å². The Kier molecular flexibility index (Phi) is 5.01. The van der Waals surface area contributed by atoms with Crippen LogP contribution in [0.1, 0.15) is 30.4 Å². The van der Waals surface area contributed by atoms with Gasteiger partial charge in [0.2, 0.25) is 5.91 Å². The number of thioether (sulfide) groups is 1. The van der Waals surface area contributed by atoms with Crippen LogP contribution in [0.2, 0.25) is 0 Å². The van der Waals surface area contributed by atoms with Crippen molar-refractivity contribution < 1.29 is 9.59 Å². The van der Waals surface area contributed by atoms with Crippen molar-refractivity contribution in [3.05, 3.63) is 35.4 Å². The van der Waals surface area contributed by atoms with Crippen LogP contribution in [0, 0.1) is 17.2 Å². The van der Waals surface area contributed by atoms with Crippen molar-refractivity contribution in [1.29, 1.82) is 5.26 Å². The average molecular weight is 369 g/mol. The van der Waals surface area contributed by atoms with Crippen LogP contribution < -0.4 is 5.32 Å². The van der Waals surface area contributed by atoms with Gasteiger partial charge in [0.1, 0.15) is 12.1 Å². The fraction of sp³-hybridized carbons (Fsp3) is 0.550. The van der Waals surface area contributed by atoms with Crippen molar-refractivity contribution in [2.24, 2.45) is 5.92 Å². The summed E-state index contributed by atoms with van der Waals surface area (Å²) in [6, 6.07) is 9.72. The zero-order chi connectivity index (χ0) is 18.1. The molecule has 5 nitrogen and oxygen atoms in total. The lowest BCUT2D eigenvalue weighted by Gasteiger charge is -2.29. The van der Waals surface area contributed by atoms with Crippen molar-refractivity contribution in [3.8, 4) is 6.07 Å². The highest BCUT2D eigenvalue weighted by Crippen LogP contribution is 2.33. The van der Waals surface area contributed by atoms with E-state index >= 15 is 0 Å². The fourth-order valence-electron chi connectivity index (χ4n) is 4.41. The lowest BCUT2D eigenvalue weighted by atomic mass is 9.80. The van der Waals surface area contributed by atoms with Crippen LogP contribution in [0.15, 0.2) is 24.3 Å². The van der Waals surface area contributed by atoms with Gasteiger partial charge in [-0.2, -0.15) is 5.26 Å². The third-order valence-corrected chi connectivity index (χ3v) is 7.05. The van der Waals surface area contributed by atoms with E-state index in [1.165, 1.54) is 22.9 Å². The summed E-state index contributed by atoms with van der Waals surface area (Å²) in [5, 5.41) is 12.1. The molecular weight excluding hydrogens is 346 g/mol. The third kappa shape index (κ3) is 3.15. The van der Waals surface area contributed by atoms with Gasteiger partial charge >= 0.3 is 0 Å². The molecule has 1 aromatic carbocycles. The first-order valence-electron chi connectivity index (χ1n) is 9.34. The lowest BCUT2D eigenvalue weighted by molar-refractivity contribution is -0.135. The summed E-state index contributed by atoms with van der Waals surface area (Å²) in [5.41, 5.74) is 2.61. The molecule has 0 saturated carbocycles. The Bertz CT molecular complexity index is 760. The zero-order valence-corrected chi connectivity index (χ0v) is 15.5. The standard InChI is InChI=1S/C20H23N3O2S/c21-11-16-6-3-9-23(16)20(25)17-19(26-12-22-17)18(24)15-8-7-13-4-1-2-5-14(13)10-15/h1-2,4-5,15-17,19,22H,3,6-10,12H2/t15-,16+,17+,19?/m1/s1. The number of nitriles is 1. The molecule has 1 N–H and O–H groups in total. The van der Waals surface area contributed by atoms with Crippen molar-refractivity contribution >= 4 is 23.5 Å². The van der Waals surface area contributed by atoms with Crippen molar-refractivity contribution in [3.63, 3.8) is 0 Å². The maximum atomic E-state index is 13.2. The molecule has 1 aliphatic carbocycles. The molecule has 4 atom stereocenters. The lowest BCUT2D eigenvalue weighted by Crippen LogP contribution is -2.52. The van der Waals surface area contributed by atoms with Gasteiger partial charge in [0, 0.05) is 18.3 Å². The minimum Gasteiger partial charge on any atom is -0.325 e. The first-order valence-corrected chi connectivity index (χ1v) is 10.4. The molecule has 2 saturated heterocycles. The van der Waals surface area contributed by atoms with Crippen molar-refractivity contribution in [2.45, 2.75) is 49.4 Å². The van der Waals surface area contributed by atoms with Gasteiger partial charge < -0.3 is 4.90 Å². The summed E-state index contributed by atoms with van der Waals surface area (Å²) in [6.45, 7) is 0.623. The van der Waals surface area contributed by atoms with Gasteiger partial charge in [-0.25, -0.2) is 0 Å². The van der Waals surface area contributed by atoms with Crippen LogP contribution in [0.4, 0.5) is 0 Å². The highest BCUT2D eigenvalue weighted by atomic mass is 32.2. The number of hydrogen-bond acceptors (Lipinski definition) is 5. The molecule has 2 fully saturated rings. The van der Waals surface area contributed by atoms with E-state index in [0.717, 1.165) is 32.1 Å². The number of amides is 1. The fourth-order valence-corrected chi connectivity index (χ4v) is 5.63. The second-order valence-corrected chi connectivity index (χ2v) is 8.47. The molecule has 0 bridgehead atoms. The van der Waals surface area contributed by atoms with Crippen LogP contribution in [0.3, 0.4) is 0 Å². The number of carbonyl (C=O) groups is 2. The molecule has 0 radical (unpaired) electrons. The smallest absolute Gasteiger partial charge is 0.242 e.